The lowest BCUT2D eigenvalue weighted by molar-refractivity contribution is 0.0163. The lowest BCUT2D eigenvalue weighted by Crippen LogP contribution is -2.33. The van der Waals surface area contributed by atoms with Gasteiger partial charge in [-0.15, -0.1) is 0 Å². The van der Waals surface area contributed by atoms with E-state index < -0.39 is 5.60 Å². The molecule has 1 rings (SSSR count). The van der Waals surface area contributed by atoms with Gasteiger partial charge in [0.25, 0.3) is 0 Å². The molecule has 0 bridgehead atoms. The molecule has 1 aromatic rings. The highest BCUT2D eigenvalue weighted by Gasteiger charge is 2.26. The smallest absolute Gasteiger partial charge is 0.137 e. The van der Waals surface area contributed by atoms with Crippen LogP contribution in [0.15, 0.2) is 12.7 Å². The summed E-state index contributed by atoms with van der Waals surface area (Å²) in [5.41, 5.74) is -0.748. The highest BCUT2D eigenvalue weighted by Crippen LogP contribution is 2.23. The van der Waals surface area contributed by atoms with Crippen molar-refractivity contribution in [2.45, 2.75) is 38.8 Å². The van der Waals surface area contributed by atoms with E-state index in [1.807, 2.05) is 6.92 Å². The zero-order chi connectivity index (χ0) is 9.19. The fourth-order valence-corrected chi connectivity index (χ4v) is 1.39. The van der Waals surface area contributed by atoms with E-state index in [0.29, 0.717) is 0 Å². The number of aromatic nitrogens is 3. The molecule has 1 N–H and O–H groups in total. The van der Waals surface area contributed by atoms with Gasteiger partial charge in [-0.1, -0.05) is 6.92 Å². The van der Waals surface area contributed by atoms with Gasteiger partial charge >= 0.3 is 0 Å². The van der Waals surface area contributed by atoms with Gasteiger partial charge in [0.05, 0.1) is 11.6 Å². The Morgan fingerprint density at radius 1 is 1.58 bits per heavy atom. The summed E-state index contributed by atoms with van der Waals surface area (Å²) in [7, 11) is 0. The van der Waals surface area contributed by atoms with Gasteiger partial charge in [0.2, 0.25) is 0 Å². The van der Waals surface area contributed by atoms with Crippen molar-refractivity contribution in [3.8, 4) is 0 Å². The van der Waals surface area contributed by atoms with Crippen molar-refractivity contribution in [3.05, 3.63) is 12.7 Å². The zero-order valence-electron chi connectivity index (χ0n) is 7.73. The molecule has 68 valence electrons. The predicted molar refractivity (Wildman–Crippen MR) is 45.6 cm³/mol. The number of hydrogen-bond donors (Lipinski definition) is 1. The van der Waals surface area contributed by atoms with Crippen LogP contribution < -0.4 is 0 Å². The SMILES string of the molecule is CCC(n1cncn1)C(C)(C)O. The van der Waals surface area contributed by atoms with Gasteiger partial charge < -0.3 is 5.11 Å². The number of nitrogens with zero attached hydrogens (tertiary/aromatic N) is 3. The Labute approximate surface area is 72.2 Å². The van der Waals surface area contributed by atoms with Gasteiger partial charge in [-0.2, -0.15) is 5.10 Å². The Morgan fingerprint density at radius 2 is 2.25 bits per heavy atom. The molecule has 0 amide bonds. The molecule has 1 atom stereocenters. The van der Waals surface area contributed by atoms with Crippen LogP contribution in [0, 0.1) is 0 Å². The average molecular weight is 169 g/mol. The highest BCUT2D eigenvalue weighted by molar-refractivity contribution is 4.81. The van der Waals surface area contributed by atoms with Crippen molar-refractivity contribution in [1.82, 2.24) is 14.8 Å². The lowest BCUT2D eigenvalue weighted by atomic mass is 9.97. The lowest BCUT2D eigenvalue weighted by Gasteiger charge is -2.27. The molecule has 1 heterocycles. The standard InChI is InChI=1S/C8H15N3O/c1-4-7(8(2,3)12)11-6-9-5-10-11/h5-7,12H,4H2,1-3H3. The molecule has 0 aromatic carbocycles. The van der Waals surface area contributed by atoms with Crippen molar-refractivity contribution >= 4 is 0 Å². The topological polar surface area (TPSA) is 50.9 Å². The summed E-state index contributed by atoms with van der Waals surface area (Å²) in [6.07, 6.45) is 3.95. The third-order valence-electron chi connectivity index (χ3n) is 1.96. The largest absolute Gasteiger partial charge is 0.388 e. The van der Waals surface area contributed by atoms with Crippen LogP contribution in [0.3, 0.4) is 0 Å². The third kappa shape index (κ3) is 1.82. The van der Waals surface area contributed by atoms with E-state index in [4.69, 9.17) is 0 Å². The first kappa shape index (κ1) is 9.19. The van der Waals surface area contributed by atoms with Gasteiger partial charge in [-0.3, -0.25) is 0 Å². The van der Waals surface area contributed by atoms with E-state index in [1.165, 1.54) is 6.33 Å². The first-order valence-corrected chi connectivity index (χ1v) is 4.12. The summed E-state index contributed by atoms with van der Waals surface area (Å²) >= 11 is 0. The van der Waals surface area contributed by atoms with Gasteiger partial charge in [0.1, 0.15) is 12.7 Å². The minimum atomic E-state index is -0.748. The second-order valence-electron chi connectivity index (χ2n) is 3.45. The van der Waals surface area contributed by atoms with Crippen LogP contribution in [-0.2, 0) is 0 Å². The van der Waals surface area contributed by atoms with Crippen LogP contribution in [0.2, 0.25) is 0 Å². The summed E-state index contributed by atoms with van der Waals surface area (Å²) < 4.78 is 1.69. The van der Waals surface area contributed by atoms with Crippen molar-refractivity contribution in [1.29, 1.82) is 0 Å². The molecule has 0 saturated carbocycles. The maximum Gasteiger partial charge on any atom is 0.137 e. The Kier molecular flexibility index (Phi) is 2.47. The van der Waals surface area contributed by atoms with E-state index >= 15 is 0 Å². The Bertz CT molecular complexity index is 225. The van der Waals surface area contributed by atoms with Crippen molar-refractivity contribution < 1.29 is 5.11 Å². The van der Waals surface area contributed by atoms with Crippen LogP contribution in [-0.4, -0.2) is 25.5 Å². The Balaban J connectivity index is 2.84. The molecule has 4 heteroatoms. The number of hydrogen-bond acceptors (Lipinski definition) is 3. The van der Waals surface area contributed by atoms with Crippen LogP contribution in [0.1, 0.15) is 33.2 Å². The predicted octanol–water partition coefficient (Wildman–Crippen LogP) is 1.00. The van der Waals surface area contributed by atoms with Crippen LogP contribution in [0.5, 0.6) is 0 Å². The quantitative estimate of drug-likeness (QED) is 0.734. The molecule has 1 unspecified atom stereocenters. The van der Waals surface area contributed by atoms with Gasteiger partial charge in [0, 0.05) is 0 Å². The molecule has 12 heavy (non-hydrogen) atoms. The van der Waals surface area contributed by atoms with E-state index in [2.05, 4.69) is 10.1 Å². The molecule has 1 aromatic heterocycles. The van der Waals surface area contributed by atoms with E-state index in [0.717, 1.165) is 6.42 Å². The van der Waals surface area contributed by atoms with Crippen LogP contribution in [0.4, 0.5) is 0 Å². The monoisotopic (exact) mass is 169 g/mol. The van der Waals surface area contributed by atoms with E-state index in [1.54, 1.807) is 24.9 Å². The molecule has 0 aliphatic carbocycles. The summed E-state index contributed by atoms with van der Waals surface area (Å²) in [4.78, 5) is 3.85. The molecule has 0 fully saturated rings. The molecule has 0 aliphatic rings. The van der Waals surface area contributed by atoms with E-state index in [9.17, 15) is 5.11 Å². The van der Waals surface area contributed by atoms with Crippen LogP contribution >= 0.6 is 0 Å². The summed E-state index contributed by atoms with van der Waals surface area (Å²) in [6.45, 7) is 5.58. The maximum absolute atomic E-state index is 9.76. The number of rotatable bonds is 3. The fraction of sp³-hybridized carbons (Fsp3) is 0.750. The normalized spacial score (nSPS) is 14.7. The van der Waals surface area contributed by atoms with E-state index in [-0.39, 0.29) is 6.04 Å². The second kappa shape index (κ2) is 3.23. The van der Waals surface area contributed by atoms with Gasteiger partial charge in [-0.25, -0.2) is 9.67 Å². The molecular formula is C8H15N3O. The Morgan fingerprint density at radius 3 is 2.58 bits per heavy atom. The summed E-state index contributed by atoms with van der Waals surface area (Å²) in [5.74, 6) is 0. The molecule has 0 aliphatic heterocycles. The molecule has 0 saturated heterocycles. The molecular weight excluding hydrogens is 154 g/mol. The Hall–Kier alpha value is -0.900. The fourth-order valence-electron chi connectivity index (χ4n) is 1.39. The summed E-state index contributed by atoms with van der Waals surface area (Å²) in [6, 6.07) is -0.000000000000000222. The maximum atomic E-state index is 9.76. The molecule has 4 nitrogen and oxygen atoms in total. The molecule has 0 radical (unpaired) electrons. The van der Waals surface area contributed by atoms with Gasteiger partial charge in [0.15, 0.2) is 0 Å². The first-order chi connectivity index (χ1) is 5.55. The third-order valence-corrected chi connectivity index (χ3v) is 1.96. The van der Waals surface area contributed by atoms with Crippen molar-refractivity contribution in [3.63, 3.8) is 0 Å². The van der Waals surface area contributed by atoms with Crippen molar-refractivity contribution in [2.75, 3.05) is 0 Å². The second-order valence-corrected chi connectivity index (χ2v) is 3.45. The highest BCUT2D eigenvalue weighted by atomic mass is 16.3. The van der Waals surface area contributed by atoms with Crippen molar-refractivity contribution in [2.24, 2.45) is 0 Å². The van der Waals surface area contributed by atoms with Gasteiger partial charge in [-0.05, 0) is 20.3 Å². The minimum absolute atomic E-state index is 0.000000000000000222. The number of aliphatic hydroxyl groups is 1. The minimum Gasteiger partial charge on any atom is -0.388 e. The molecule has 0 spiro atoms. The first-order valence-electron chi connectivity index (χ1n) is 4.12. The van der Waals surface area contributed by atoms with Crippen LogP contribution in [0.25, 0.3) is 0 Å². The summed E-state index contributed by atoms with van der Waals surface area (Å²) in [5, 5.41) is 13.8. The average Bonchev–Trinajstić information content (AvgIpc) is 2.38. The zero-order valence-corrected chi connectivity index (χ0v) is 7.73.